The molecule has 0 saturated heterocycles. The molecule has 0 aliphatic heterocycles. The van der Waals surface area contributed by atoms with Crippen molar-refractivity contribution in [3.63, 3.8) is 0 Å². The van der Waals surface area contributed by atoms with E-state index in [4.69, 9.17) is 27.9 Å². The average Bonchev–Trinajstić information content (AvgIpc) is 2.34. The summed E-state index contributed by atoms with van der Waals surface area (Å²) in [6.07, 6.45) is 0. The molecule has 18 heavy (non-hydrogen) atoms. The van der Waals surface area contributed by atoms with Crippen molar-refractivity contribution in [2.45, 2.75) is 0 Å². The van der Waals surface area contributed by atoms with Gasteiger partial charge in [0.1, 0.15) is 17.3 Å². The van der Waals surface area contributed by atoms with Gasteiger partial charge in [0.15, 0.2) is 0 Å². The molecule has 0 atom stereocenters. The maximum Gasteiger partial charge on any atom is 0.135 e. The Hall–Kier alpha value is -1.45. The van der Waals surface area contributed by atoms with Gasteiger partial charge in [-0.2, -0.15) is 0 Å². The summed E-state index contributed by atoms with van der Waals surface area (Å²) in [5, 5.41) is 9.84. The molecule has 0 bridgehead atoms. The molecule has 0 aliphatic carbocycles. The Morgan fingerprint density at radius 3 is 2.44 bits per heavy atom. The van der Waals surface area contributed by atoms with Crippen molar-refractivity contribution in [1.82, 2.24) is 0 Å². The number of rotatable bonds is 2. The second-order valence-electron chi connectivity index (χ2n) is 3.63. The minimum Gasteiger partial charge on any atom is -0.506 e. The van der Waals surface area contributed by atoms with Crippen molar-refractivity contribution in [3.8, 4) is 22.6 Å². The number of hydrogen-bond donors (Lipinski definition) is 1. The fraction of sp³-hybridized carbons (Fsp3) is 0.0769. The van der Waals surface area contributed by atoms with Crippen LogP contribution in [0, 0.1) is 5.82 Å². The van der Waals surface area contributed by atoms with Crippen molar-refractivity contribution >= 4 is 23.2 Å². The summed E-state index contributed by atoms with van der Waals surface area (Å²) >= 11 is 11.8. The van der Waals surface area contributed by atoms with E-state index in [2.05, 4.69) is 0 Å². The maximum absolute atomic E-state index is 13.3. The summed E-state index contributed by atoms with van der Waals surface area (Å²) in [4.78, 5) is 0. The highest BCUT2D eigenvalue weighted by molar-refractivity contribution is 6.36. The molecule has 0 amide bonds. The van der Waals surface area contributed by atoms with Crippen LogP contribution in [-0.4, -0.2) is 12.2 Å². The van der Waals surface area contributed by atoms with Crippen LogP contribution in [0.4, 0.5) is 4.39 Å². The van der Waals surface area contributed by atoms with Crippen LogP contribution in [0.2, 0.25) is 10.0 Å². The molecule has 5 heteroatoms. The first-order valence-electron chi connectivity index (χ1n) is 5.05. The monoisotopic (exact) mass is 286 g/mol. The van der Waals surface area contributed by atoms with Gasteiger partial charge < -0.3 is 9.84 Å². The first-order valence-corrected chi connectivity index (χ1v) is 5.80. The van der Waals surface area contributed by atoms with Crippen LogP contribution in [0.25, 0.3) is 11.1 Å². The number of ether oxygens (including phenoxy) is 1. The van der Waals surface area contributed by atoms with Gasteiger partial charge in [0.05, 0.1) is 17.2 Å². The SMILES string of the molecule is COc1ccc(F)cc1-c1cc(Cl)c(O)cc1Cl. The highest BCUT2D eigenvalue weighted by Crippen LogP contribution is 2.40. The topological polar surface area (TPSA) is 29.5 Å². The molecule has 2 rings (SSSR count). The third kappa shape index (κ3) is 2.37. The molecular formula is C13H9Cl2FO2. The second kappa shape index (κ2) is 5.04. The quantitative estimate of drug-likeness (QED) is 0.880. The van der Waals surface area contributed by atoms with Gasteiger partial charge in [0.25, 0.3) is 0 Å². The Morgan fingerprint density at radius 1 is 1.06 bits per heavy atom. The van der Waals surface area contributed by atoms with Gasteiger partial charge in [0, 0.05) is 17.2 Å². The molecule has 0 radical (unpaired) electrons. The molecule has 2 nitrogen and oxygen atoms in total. The zero-order valence-electron chi connectivity index (χ0n) is 9.38. The molecular weight excluding hydrogens is 278 g/mol. The Bertz CT molecular complexity index is 600. The molecule has 0 unspecified atom stereocenters. The number of halogens is 3. The van der Waals surface area contributed by atoms with E-state index in [-0.39, 0.29) is 15.8 Å². The number of phenolic OH excluding ortho intramolecular Hbond substituents is 1. The molecule has 0 spiro atoms. The average molecular weight is 287 g/mol. The van der Waals surface area contributed by atoms with Crippen LogP contribution >= 0.6 is 23.2 Å². The second-order valence-corrected chi connectivity index (χ2v) is 4.44. The van der Waals surface area contributed by atoms with Gasteiger partial charge in [-0.3, -0.25) is 0 Å². The summed E-state index contributed by atoms with van der Waals surface area (Å²) in [6.45, 7) is 0. The van der Waals surface area contributed by atoms with E-state index >= 15 is 0 Å². The van der Waals surface area contributed by atoms with Gasteiger partial charge in [0.2, 0.25) is 0 Å². The molecule has 0 fully saturated rings. The lowest BCUT2D eigenvalue weighted by Crippen LogP contribution is -1.90. The van der Waals surface area contributed by atoms with Crippen molar-refractivity contribution < 1.29 is 14.2 Å². The molecule has 2 aromatic rings. The lowest BCUT2D eigenvalue weighted by molar-refractivity contribution is 0.415. The normalized spacial score (nSPS) is 10.4. The van der Waals surface area contributed by atoms with E-state index in [1.165, 1.54) is 37.4 Å². The number of benzene rings is 2. The van der Waals surface area contributed by atoms with Crippen LogP contribution in [0.3, 0.4) is 0 Å². The highest BCUT2D eigenvalue weighted by atomic mass is 35.5. The zero-order chi connectivity index (χ0) is 13.3. The number of hydrogen-bond acceptors (Lipinski definition) is 2. The fourth-order valence-electron chi connectivity index (χ4n) is 1.63. The van der Waals surface area contributed by atoms with Crippen LogP contribution < -0.4 is 4.74 Å². The summed E-state index contributed by atoms with van der Waals surface area (Å²) in [5.74, 6) is -0.0630. The van der Waals surface area contributed by atoms with Crippen LogP contribution in [0.1, 0.15) is 0 Å². The minimum atomic E-state index is -0.411. The highest BCUT2D eigenvalue weighted by Gasteiger charge is 2.13. The van der Waals surface area contributed by atoms with E-state index in [9.17, 15) is 9.50 Å². The summed E-state index contributed by atoms with van der Waals surface area (Å²) in [5.41, 5.74) is 0.972. The lowest BCUT2D eigenvalue weighted by atomic mass is 10.0. The third-order valence-corrected chi connectivity index (χ3v) is 3.10. The molecule has 0 aliphatic rings. The lowest BCUT2D eigenvalue weighted by Gasteiger charge is -2.11. The minimum absolute atomic E-state index is 0.124. The molecule has 0 heterocycles. The maximum atomic E-state index is 13.3. The van der Waals surface area contributed by atoms with Gasteiger partial charge in [-0.1, -0.05) is 23.2 Å². The number of methoxy groups -OCH3 is 1. The van der Waals surface area contributed by atoms with E-state index in [1.54, 1.807) is 0 Å². The molecule has 94 valence electrons. The van der Waals surface area contributed by atoms with Crippen molar-refractivity contribution in [2.75, 3.05) is 7.11 Å². The van der Waals surface area contributed by atoms with E-state index in [0.717, 1.165) is 0 Å². The Kier molecular flexibility index (Phi) is 3.64. The zero-order valence-corrected chi connectivity index (χ0v) is 10.9. The van der Waals surface area contributed by atoms with Crippen LogP contribution in [0.5, 0.6) is 11.5 Å². The first-order chi connectivity index (χ1) is 8.52. The smallest absolute Gasteiger partial charge is 0.135 e. The van der Waals surface area contributed by atoms with Crippen molar-refractivity contribution in [3.05, 3.63) is 46.2 Å². The molecule has 2 aromatic carbocycles. The standard InChI is InChI=1S/C13H9Cl2FO2/c1-18-13-3-2-7(16)4-9(13)8-5-11(15)12(17)6-10(8)14/h2-6,17H,1H3. The Morgan fingerprint density at radius 2 is 1.78 bits per heavy atom. The summed E-state index contributed by atoms with van der Waals surface area (Å²) < 4.78 is 18.4. The summed E-state index contributed by atoms with van der Waals surface area (Å²) in [6, 6.07) is 6.87. The van der Waals surface area contributed by atoms with E-state index < -0.39 is 5.82 Å². The van der Waals surface area contributed by atoms with Gasteiger partial charge in [-0.05, 0) is 24.3 Å². The van der Waals surface area contributed by atoms with Crippen LogP contribution in [-0.2, 0) is 0 Å². The van der Waals surface area contributed by atoms with Gasteiger partial charge in [-0.15, -0.1) is 0 Å². The van der Waals surface area contributed by atoms with Gasteiger partial charge in [-0.25, -0.2) is 4.39 Å². The summed E-state index contributed by atoms with van der Waals surface area (Å²) in [7, 11) is 1.48. The predicted octanol–water partition coefficient (Wildman–Crippen LogP) is 4.51. The van der Waals surface area contributed by atoms with E-state index in [1.807, 2.05) is 0 Å². The Balaban J connectivity index is 2.68. The molecule has 1 N–H and O–H groups in total. The predicted molar refractivity (Wildman–Crippen MR) is 70.1 cm³/mol. The van der Waals surface area contributed by atoms with E-state index in [0.29, 0.717) is 16.9 Å². The first kappa shape index (κ1) is 13.0. The molecule has 0 aromatic heterocycles. The largest absolute Gasteiger partial charge is 0.506 e. The Labute approximate surface area is 114 Å². The molecule has 0 saturated carbocycles. The van der Waals surface area contributed by atoms with Gasteiger partial charge >= 0.3 is 0 Å². The van der Waals surface area contributed by atoms with Crippen molar-refractivity contribution in [2.24, 2.45) is 0 Å². The fourth-order valence-corrected chi connectivity index (χ4v) is 2.06. The third-order valence-electron chi connectivity index (χ3n) is 2.49. The number of phenols is 1. The van der Waals surface area contributed by atoms with Crippen molar-refractivity contribution in [1.29, 1.82) is 0 Å². The number of aromatic hydroxyl groups is 1. The van der Waals surface area contributed by atoms with Crippen LogP contribution in [0.15, 0.2) is 30.3 Å².